The van der Waals surface area contributed by atoms with Crippen LogP contribution in [0.4, 0.5) is 17.5 Å². The van der Waals surface area contributed by atoms with Gasteiger partial charge in [-0.1, -0.05) is 0 Å². The van der Waals surface area contributed by atoms with Crippen molar-refractivity contribution < 1.29 is 104 Å². The van der Waals surface area contributed by atoms with Crippen molar-refractivity contribution in [2.75, 3.05) is 37.0 Å². The molecule has 0 amide bonds. The highest BCUT2D eigenvalue weighted by atomic mass is 32.5. The summed E-state index contributed by atoms with van der Waals surface area (Å²) in [5.41, 5.74) is 18.4. The monoisotopic (exact) mass is 1210 g/mol. The van der Waals surface area contributed by atoms with Crippen molar-refractivity contribution in [2.45, 2.75) is 73.6 Å². The largest absolute Gasteiger partial charge is 0.488 e. The topological polar surface area (TPSA) is 538 Å². The van der Waals surface area contributed by atoms with E-state index in [1.54, 1.807) is 0 Å². The third kappa shape index (κ3) is 12.1. The summed E-state index contributed by atoms with van der Waals surface area (Å²) in [6.07, 6.45) is -12.6. The molecule has 3 saturated heterocycles. The van der Waals surface area contributed by atoms with E-state index in [1.807, 2.05) is 0 Å². The van der Waals surface area contributed by atoms with Gasteiger partial charge in [-0.2, -0.15) is 4.31 Å². The standard InChI is InChI=1S/C30H40N15O22P5S3/c31-22-13-25(37-4-34-22)43(7-40-13)28-19(49)16(46)10(61-28)1-58-70(55,73)64-20-17(47)11(62-29(20)44-8-41-14-23(32)35-5-38-26(14)44)2-59-71(56,74)65-21-18(48)12(3-60-72(57,75)67-69(53,54)66-68(50,51)52)63-30(21)45-9-42-15-24(33)36-6-39-27(15)45/h4-12,16-21,28-30,46-49H,1-3H2,(H,53,54)(H,55,73)(H,56,74)(H,57,75)(H2,31,34,37)(H2,32,35,38)(H2,33,36,39)(H2,50,51,52)/t10-,11-,12-,16-,17-,18-,19-,20-,21-,28-,29-,30-,70?,71?,72?/m1/s1. The zero-order chi connectivity index (χ0) is 54.2. The maximum Gasteiger partial charge on any atom is 0.488 e. The van der Waals surface area contributed by atoms with Gasteiger partial charge in [0.15, 0.2) is 53.1 Å². The number of nitrogens with two attached hydrogens (primary N) is 3. The first-order chi connectivity index (χ1) is 35.1. The number of fused-ring (bicyclic) bond motifs is 3. The second-order valence-corrected chi connectivity index (χ2v) is 27.3. The second-order valence-electron chi connectivity index (χ2n) is 16.0. The van der Waals surface area contributed by atoms with Crippen LogP contribution in [0.3, 0.4) is 0 Å². The van der Waals surface area contributed by atoms with Gasteiger partial charge >= 0.3 is 35.8 Å². The van der Waals surface area contributed by atoms with E-state index in [0.717, 1.165) is 29.9 Å². The molecule has 75 heavy (non-hydrogen) atoms. The van der Waals surface area contributed by atoms with Gasteiger partial charge in [-0.3, -0.25) is 22.7 Å². The molecule has 37 nitrogen and oxygen atoms in total. The summed E-state index contributed by atoms with van der Waals surface area (Å²) in [6, 6.07) is 0. The van der Waals surface area contributed by atoms with E-state index >= 15 is 0 Å². The summed E-state index contributed by atoms with van der Waals surface area (Å²) in [5, 5.41) is 45.2. The highest BCUT2D eigenvalue weighted by Gasteiger charge is 2.53. The average molecular weight is 1210 g/mol. The molecular weight excluding hydrogens is 1170 g/mol. The van der Waals surface area contributed by atoms with Gasteiger partial charge in [0, 0.05) is 0 Å². The summed E-state index contributed by atoms with van der Waals surface area (Å²) in [7, 11) is -11.4. The Morgan fingerprint density at radius 1 is 0.493 bits per heavy atom. The lowest BCUT2D eigenvalue weighted by molar-refractivity contribution is -0.0588. The van der Waals surface area contributed by atoms with Crippen LogP contribution in [-0.4, -0.2) is 183 Å². The molecule has 0 aliphatic carbocycles. The molecule has 3 fully saturated rings. The number of hydrogen-bond acceptors (Lipinski definition) is 31. The molecule has 9 heterocycles. The smallest absolute Gasteiger partial charge is 0.387 e. The molecule has 9 rings (SSSR count). The fourth-order valence-electron chi connectivity index (χ4n) is 7.83. The van der Waals surface area contributed by atoms with Crippen LogP contribution in [0.5, 0.6) is 0 Å². The van der Waals surface area contributed by atoms with Crippen LogP contribution in [-0.2, 0) is 90.0 Å². The van der Waals surface area contributed by atoms with E-state index in [-0.39, 0.29) is 50.9 Å². The van der Waals surface area contributed by atoms with Crippen molar-refractivity contribution in [2.24, 2.45) is 0 Å². The van der Waals surface area contributed by atoms with E-state index in [9.17, 15) is 49.1 Å². The van der Waals surface area contributed by atoms with E-state index < -0.39 is 129 Å². The molecule has 16 N–H and O–H groups in total. The minimum Gasteiger partial charge on any atom is -0.387 e. The molecule has 45 heteroatoms. The number of ether oxygens (including phenoxy) is 3. The number of nitrogen functional groups attached to an aromatic ring is 3. The van der Waals surface area contributed by atoms with Crippen LogP contribution in [0.2, 0.25) is 0 Å². The Labute approximate surface area is 432 Å². The van der Waals surface area contributed by atoms with Crippen molar-refractivity contribution in [3.63, 3.8) is 0 Å². The molecule has 6 aromatic rings. The Morgan fingerprint density at radius 2 is 0.840 bits per heavy atom. The van der Waals surface area contributed by atoms with Crippen molar-refractivity contribution in [3.05, 3.63) is 38.0 Å². The van der Waals surface area contributed by atoms with E-state index in [2.05, 4.69) is 65.3 Å². The van der Waals surface area contributed by atoms with Gasteiger partial charge < -0.3 is 94.8 Å². The molecule has 0 aromatic carbocycles. The molecule has 16 atom stereocenters. The number of aliphatic hydroxyl groups is 4. The van der Waals surface area contributed by atoms with Gasteiger partial charge in [0.05, 0.1) is 38.8 Å². The zero-order valence-corrected chi connectivity index (χ0v) is 43.9. The third-order valence-electron chi connectivity index (χ3n) is 11.1. The molecule has 4 unspecified atom stereocenters. The number of phosphoric acid groups is 2. The van der Waals surface area contributed by atoms with Crippen molar-refractivity contribution >= 4 is 122 Å². The molecule has 3 aliphatic rings. The fourth-order valence-corrected chi connectivity index (χ4v) is 14.6. The van der Waals surface area contributed by atoms with Crippen LogP contribution < -0.4 is 17.2 Å². The van der Waals surface area contributed by atoms with Gasteiger partial charge in [0.1, 0.15) is 90.5 Å². The Morgan fingerprint density at radius 3 is 1.23 bits per heavy atom. The van der Waals surface area contributed by atoms with Crippen molar-refractivity contribution in [3.8, 4) is 0 Å². The Balaban J connectivity index is 0.912. The number of anilines is 3. The third-order valence-corrected chi connectivity index (χ3v) is 18.9. The van der Waals surface area contributed by atoms with Gasteiger partial charge in [-0.25, -0.2) is 58.3 Å². The highest BCUT2D eigenvalue weighted by Crippen LogP contribution is 2.66. The molecule has 0 spiro atoms. The quantitative estimate of drug-likeness (QED) is 0.0341. The van der Waals surface area contributed by atoms with Crippen molar-refractivity contribution in [1.82, 2.24) is 58.6 Å². The summed E-state index contributed by atoms with van der Waals surface area (Å²) < 4.78 is 80.7. The van der Waals surface area contributed by atoms with Crippen LogP contribution >= 0.6 is 35.8 Å². The first-order valence-electron chi connectivity index (χ1n) is 20.7. The van der Waals surface area contributed by atoms with Gasteiger partial charge in [0.2, 0.25) is 0 Å². The molecule has 3 aliphatic heterocycles. The minimum atomic E-state index is -5.75. The predicted octanol–water partition coefficient (Wildman–Crippen LogP) is -2.91. The van der Waals surface area contributed by atoms with Crippen molar-refractivity contribution in [1.29, 1.82) is 0 Å². The van der Waals surface area contributed by atoms with Gasteiger partial charge in [0.25, 0.3) is 0 Å². The van der Waals surface area contributed by atoms with Crippen LogP contribution in [0, 0.1) is 0 Å². The number of nitrogens with zero attached hydrogens (tertiary/aromatic N) is 12. The lowest BCUT2D eigenvalue weighted by Gasteiger charge is -2.27. The lowest BCUT2D eigenvalue weighted by Crippen LogP contribution is -2.37. The van der Waals surface area contributed by atoms with Crippen LogP contribution in [0.25, 0.3) is 33.5 Å². The summed E-state index contributed by atoms with van der Waals surface area (Å²) in [6.45, 7) is -16.7. The normalized spacial score (nSPS) is 30.7. The molecular formula is C30H40N15O22P5S3. The Kier molecular flexibility index (Phi) is 16.1. The number of hydrogen-bond donors (Lipinski definition) is 13. The number of aromatic nitrogens is 12. The summed E-state index contributed by atoms with van der Waals surface area (Å²) in [5.74, 6) is -0.102. The SMILES string of the molecule is Nc1ncnc2c1ncn2[C@@H]1O[C@H](COP(O)(=S)O[C@@H]2[C@H](O)[C@@H](COP(O)(=S)O[C@@H]3[C@H](O)[C@@H](COP(O)(=S)OP(=O)(O)OP(=O)(O)O)O[C@H]3n3cnc4c(N)ncnc43)O[C@H]2n2cnc3c(N)ncnc32)[C@@H](O)[C@H]1O. The number of rotatable bonds is 20. The first kappa shape index (κ1) is 56.4. The van der Waals surface area contributed by atoms with Crippen LogP contribution in [0.15, 0.2) is 38.0 Å². The molecule has 6 aromatic heterocycles. The Bertz CT molecular complexity index is 3360. The van der Waals surface area contributed by atoms with Gasteiger partial charge in [-0.15, -0.1) is 0 Å². The lowest BCUT2D eigenvalue weighted by atomic mass is 10.1. The minimum absolute atomic E-state index is 0.0148. The van der Waals surface area contributed by atoms with E-state index in [0.29, 0.717) is 0 Å². The second kappa shape index (κ2) is 21.4. The van der Waals surface area contributed by atoms with Crippen LogP contribution in [0.1, 0.15) is 18.7 Å². The highest BCUT2D eigenvalue weighted by molar-refractivity contribution is 8.08. The molecule has 0 radical (unpaired) electrons. The maximum absolute atomic E-state index is 12.1. The Hall–Kier alpha value is -3.34. The maximum atomic E-state index is 12.1. The zero-order valence-electron chi connectivity index (χ0n) is 36.9. The van der Waals surface area contributed by atoms with E-state index in [4.69, 9.17) is 87.4 Å². The first-order valence-corrected chi connectivity index (χ1v) is 31.5. The number of aliphatic hydroxyl groups excluding tert-OH is 4. The van der Waals surface area contributed by atoms with E-state index in [1.165, 1.54) is 21.8 Å². The predicted molar refractivity (Wildman–Crippen MR) is 256 cm³/mol. The number of imidazole rings is 3. The fraction of sp³-hybridized carbons (Fsp3) is 0.500. The molecule has 0 bridgehead atoms. The average Bonchev–Trinajstić information content (AvgIpc) is 4.18. The summed E-state index contributed by atoms with van der Waals surface area (Å²) >= 11 is 15.4. The molecule has 410 valence electrons. The summed E-state index contributed by atoms with van der Waals surface area (Å²) in [4.78, 5) is 97.6. The molecule has 0 saturated carbocycles. The van der Waals surface area contributed by atoms with Gasteiger partial charge in [-0.05, 0) is 35.4 Å².